The number of non-ortho nitro benzene ring substituents is 1. The predicted molar refractivity (Wildman–Crippen MR) is 136 cm³/mol. The van der Waals surface area contributed by atoms with Gasteiger partial charge in [0.15, 0.2) is 0 Å². The third-order valence-electron chi connectivity index (χ3n) is 5.27. The SMILES string of the molecule is CCCc1c(C(=O)Nc2scc(-c3cccc([N+](=O)[O-])c3)c2C(=O)OCC)sc2ccccc12. The molecular formula is C25H22N2O5S2. The monoisotopic (exact) mass is 494 g/mol. The van der Waals surface area contributed by atoms with Gasteiger partial charge in [-0.15, -0.1) is 22.7 Å². The molecule has 0 aliphatic carbocycles. The van der Waals surface area contributed by atoms with Crippen LogP contribution in [-0.4, -0.2) is 23.4 Å². The molecular weight excluding hydrogens is 472 g/mol. The van der Waals surface area contributed by atoms with Gasteiger partial charge in [-0.05, 0) is 35.9 Å². The zero-order valence-corrected chi connectivity index (χ0v) is 20.3. The number of esters is 1. The van der Waals surface area contributed by atoms with Crippen LogP contribution in [0.2, 0.25) is 0 Å². The van der Waals surface area contributed by atoms with E-state index in [2.05, 4.69) is 12.2 Å². The van der Waals surface area contributed by atoms with Crippen LogP contribution >= 0.6 is 22.7 Å². The molecule has 2 aromatic carbocycles. The molecule has 0 saturated heterocycles. The van der Waals surface area contributed by atoms with Crippen molar-refractivity contribution in [2.24, 2.45) is 0 Å². The molecule has 0 aliphatic rings. The molecule has 0 radical (unpaired) electrons. The highest BCUT2D eigenvalue weighted by molar-refractivity contribution is 7.21. The standard InChI is InChI=1S/C25H22N2O5S2/c1-3-8-18-17-11-5-6-12-20(17)34-22(18)23(28)26-24-21(25(29)32-4-2)19(14-33-24)15-9-7-10-16(13-15)27(30)31/h5-7,9-14H,3-4,8H2,1-2H3,(H,26,28). The van der Waals surface area contributed by atoms with Gasteiger partial charge in [0.25, 0.3) is 11.6 Å². The second-order valence-corrected chi connectivity index (χ2v) is 9.42. The van der Waals surface area contributed by atoms with Gasteiger partial charge in [-0.2, -0.15) is 0 Å². The minimum Gasteiger partial charge on any atom is -0.462 e. The van der Waals surface area contributed by atoms with E-state index in [0.29, 0.717) is 21.0 Å². The van der Waals surface area contributed by atoms with Crippen LogP contribution in [0.3, 0.4) is 0 Å². The number of aryl methyl sites for hydroxylation is 1. The molecule has 0 saturated carbocycles. The Hall–Kier alpha value is -3.56. The van der Waals surface area contributed by atoms with Crippen molar-refractivity contribution in [2.75, 3.05) is 11.9 Å². The number of fused-ring (bicyclic) bond motifs is 1. The van der Waals surface area contributed by atoms with E-state index >= 15 is 0 Å². The van der Waals surface area contributed by atoms with Crippen LogP contribution in [0.25, 0.3) is 21.2 Å². The fourth-order valence-electron chi connectivity index (χ4n) is 3.80. The Morgan fingerprint density at radius 1 is 1.12 bits per heavy atom. The molecule has 174 valence electrons. The molecule has 1 amide bonds. The molecule has 9 heteroatoms. The first kappa shape index (κ1) is 23.6. The van der Waals surface area contributed by atoms with E-state index in [-0.39, 0.29) is 23.8 Å². The summed E-state index contributed by atoms with van der Waals surface area (Å²) in [5, 5.41) is 17.3. The highest BCUT2D eigenvalue weighted by Crippen LogP contribution is 2.39. The number of nitro groups is 1. The topological polar surface area (TPSA) is 98.5 Å². The lowest BCUT2D eigenvalue weighted by Crippen LogP contribution is -2.15. The average Bonchev–Trinajstić information content (AvgIpc) is 3.41. The van der Waals surface area contributed by atoms with Crippen LogP contribution in [0.15, 0.2) is 53.9 Å². The molecule has 0 bridgehead atoms. The normalized spacial score (nSPS) is 10.9. The van der Waals surface area contributed by atoms with Crippen molar-refractivity contribution < 1.29 is 19.2 Å². The predicted octanol–water partition coefficient (Wildman–Crippen LogP) is 6.92. The molecule has 2 aromatic heterocycles. The van der Waals surface area contributed by atoms with Gasteiger partial charge >= 0.3 is 5.97 Å². The van der Waals surface area contributed by atoms with Gasteiger partial charge in [-0.3, -0.25) is 14.9 Å². The van der Waals surface area contributed by atoms with Gasteiger partial charge in [0.05, 0.1) is 16.4 Å². The van der Waals surface area contributed by atoms with Gasteiger partial charge in [-0.25, -0.2) is 4.79 Å². The van der Waals surface area contributed by atoms with E-state index in [1.165, 1.54) is 34.8 Å². The molecule has 1 N–H and O–H groups in total. The zero-order valence-electron chi connectivity index (χ0n) is 18.6. The van der Waals surface area contributed by atoms with Crippen LogP contribution in [0.5, 0.6) is 0 Å². The van der Waals surface area contributed by atoms with Gasteiger partial charge in [0.1, 0.15) is 10.6 Å². The highest BCUT2D eigenvalue weighted by Gasteiger charge is 2.25. The summed E-state index contributed by atoms with van der Waals surface area (Å²) < 4.78 is 6.28. The Morgan fingerprint density at radius 3 is 2.65 bits per heavy atom. The number of benzene rings is 2. The second kappa shape index (κ2) is 10.1. The summed E-state index contributed by atoms with van der Waals surface area (Å²) in [6.45, 7) is 3.93. The largest absolute Gasteiger partial charge is 0.462 e. The minimum atomic E-state index is -0.592. The fraction of sp³-hybridized carbons (Fsp3) is 0.200. The lowest BCUT2D eigenvalue weighted by atomic mass is 10.0. The van der Waals surface area contributed by atoms with E-state index < -0.39 is 10.9 Å². The summed E-state index contributed by atoms with van der Waals surface area (Å²) in [5.74, 6) is -0.881. The van der Waals surface area contributed by atoms with E-state index in [1.54, 1.807) is 24.4 Å². The number of nitrogens with one attached hydrogen (secondary N) is 1. The van der Waals surface area contributed by atoms with Gasteiger partial charge in [0, 0.05) is 27.8 Å². The maximum Gasteiger partial charge on any atom is 0.341 e. The van der Waals surface area contributed by atoms with Crippen molar-refractivity contribution in [3.8, 4) is 11.1 Å². The number of hydrogen-bond donors (Lipinski definition) is 1. The maximum atomic E-state index is 13.4. The van der Waals surface area contributed by atoms with Crippen LogP contribution in [0.4, 0.5) is 10.7 Å². The number of ether oxygens (including phenoxy) is 1. The van der Waals surface area contributed by atoms with Crippen molar-refractivity contribution in [2.45, 2.75) is 26.7 Å². The molecule has 4 rings (SSSR count). The number of nitro benzene ring substituents is 1. The number of nitrogens with zero attached hydrogens (tertiary/aromatic N) is 1. The Labute approximate surface area is 204 Å². The summed E-state index contributed by atoms with van der Waals surface area (Å²) in [6.07, 6.45) is 1.66. The number of thiophene rings is 2. The Balaban J connectivity index is 1.76. The third kappa shape index (κ3) is 4.57. The van der Waals surface area contributed by atoms with E-state index in [4.69, 9.17) is 4.74 Å². The molecule has 0 spiro atoms. The molecule has 7 nitrogen and oxygen atoms in total. The summed E-state index contributed by atoms with van der Waals surface area (Å²) in [4.78, 5) is 37.6. The Bertz CT molecular complexity index is 1390. The lowest BCUT2D eigenvalue weighted by Gasteiger charge is -2.09. The maximum absolute atomic E-state index is 13.4. The number of anilines is 1. The molecule has 4 aromatic rings. The number of hydrogen-bond acceptors (Lipinski definition) is 7. The van der Waals surface area contributed by atoms with Gasteiger partial charge in [0.2, 0.25) is 0 Å². The smallest absolute Gasteiger partial charge is 0.341 e. The Morgan fingerprint density at radius 2 is 1.91 bits per heavy atom. The minimum absolute atomic E-state index is 0.0847. The first-order chi connectivity index (χ1) is 16.4. The summed E-state index contributed by atoms with van der Waals surface area (Å²) in [7, 11) is 0. The van der Waals surface area contributed by atoms with Crippen molar-refractivity contribution in [1.29, 1.82) is 0 Å². The molecule has 0 unspecified atom stereocenters. The summed E-state index contributed by atoms with van der Waals surface area (Å²) >= 11 is 2.62. The van der Waals surface area contributed by atoms with Crippen molar-refractivity contribution in [3.63, 3.8) is 0 Å². The summed E-state index contributed by atoms with van der Waals surface area (Å²) in [5.41, 5.74) is 2.08. The third-order valence-corrected chi connectivity index (χ3v) is 7.38. The number of carbonyl (C=O) groups excluding carboxylic acids is 2. The molecule has 2 heterocycles. The molecule has 0 atom stereocenters. The quantitative estimate of drug-likeness (QED) is 0.163. The highest BCUT2D eigenvalue weighted by atomic mass is 32.1. The van der Waals surface area contributed by atoms with Crippen LogP contribution in [-0.2, 0) is 11.2 Å². The molecule has 34 heavy (non-hydrogen) atoms. The van der Waals surface area contributed by atoms with Crippen LogP contribution in [0, 0.1) is 10.1 Å². The van der Waals surface area contributed by atoms with Crippen molar-refractivity contribution >= 4 is 55.3 Å². The van der Waals surface area contributed by atoms with E-state index in [9.17, 15) is 19.7 Å². The van der Waals surface area contributed by atoms with Crippen LogP contribution in [0.1, 0.15) is 45.9 Å². The van der Waals surface area contributed by atoms with Gasteiger partial charge < -0.3 is 10.1 Å². The number of rotatable bonds is 8. The van der Waals surface area contributed by atoms with E-state index in [1.807, 2.05) is 24.3 Å². The average molecular weight is 495 g/mol. The summed E-state index contributed by atoms with van der Waals surface area (Å²) in [6, 6.07) is 14.0. The second-order valence-electron chi connectivity index (χ2n) is 7.49. The Kier molecular flexibility index (Phi) is 7.04. The fourth-order valence-corrected chi connectivity index (χ4v) is 5.89. The molecule has 0 aliphatic heterocycles. The number of carbonyl (C=O) groups is 2. The van der Waals surface area contributed by atoms with Crippen molar-refractivity contribution in [3.05, 3.63) is 80.0 Å². The van der Waals surface area contributed by atoms with Crippen LogP contribution < -0.4 is 5.32 Å². The van der Waals surface area contributed by atoms with Gasteiger partial charge in [-0.1, -0.05) is 43.7 Å². The first-order valence-corrected chi connectivity index (χ1v) is 12.5. The van der Waals surface area contributed by atoms with E-state index in [0.717, 1.165) is 28.5 Å². The number of amides is 1. The molecule has 0 fully saturated rings. The first-order valence-electron chi connectivity index (χ1n) is 10.8. The van der Waals surface area contributed by atoms with Crippen molar-refractivity contribution in [1.82, 2.24) is 0 Å². The lowest BCUT2D eigenvalue weighted by molar-refractivity contribution is -0.384. The zero-order chi connectivity index (χ0) is 24.2.